The van der Waals surface area contributed by atoms with Gasteiger partial charge in [-0.1, -0.05) is 0 Å². The van der Waals surface area contributed by atoms with Crippen LogP contribution < -0.4 is 0 Å². The monoisotopic (exact) mass is 185 g/mol. The molecule has 2 aliphatic heterocycles. The van der Waals surface area contributed by atoms with Gasteiger partial charge in [-0.25, -0.2) is 0 Å². The van der Waals surface area contributed by atoms with Crippen molar-refractivity contribution in [3.8, 4) is 0 Å². The quantitative estimate of drug-likeness (QED) is 0.694. The zero-order chi connectivity index (χ0) is 9.10. The molecule has 2 saturated heterocycles. The largest absolute Gasteiger partial charge is 0.392 e. The van der Waals surface area contributed by atoms with Gasteiger partial charge in [0.15, 0.2) is 0 Å². The molecule has 76 valence electrons. The highest BCUT2D eigenvalue weighted by Gasteiger charge is 2.22. The van der Waals surface area contributed by atoms with E-state index in [9.17, 15) is 5.11 Å². The molecule has 13 heavy (non-hydrogen) atoms. The molecule has 1 N–H and O–H groups in total. The molecule has 2 aliphatic rings. The first-order valence-electron chi connectivity index (χ1n) is 5.33. The van der Waals surface area contributed by atoms with Gasteiger partial charge < -0.3 is 14.7 Å². The van der Waals surface area contributed by atoms with Crippen LogP contribution in [0.15, 0.2) is 0 Å². The summed E-state index contributed by atoms with van der Waals surface area (Å²) in [6.45, 7) is 5.01. The number of hydrogen-bond donors (Lipinski definition) is 1. The standard InChI is InChI=1S/C10H19NO2/c12-10-2-5-11(7-10)4-1-9-3-6-13-8-9/h9-10,12H,1-8H2/t9?,10-/m1/s1. The van der Waals surface area contributed by atoms with Gasteiger partial charge in [0.2, 0.25) is 0 Å². The van der Waals surface area contributed by atoms with Crippen LogP contribution in [-0.2, 0) is 4.74 Å². The first-order valence-corrected chi connectivity index (χ1v) is 5.33. The summed E-state index contributed by atoms with van der Waals surface area (Å²) in [5.74, 6) is 0.776. The van der Waals surface area contributed by atoms with Gasteiger partial charge in [0.05, 0.1) is 6.10 Å². The fourth-order valence-corrected chi connectivity index (χ4v) is 2.19. The zero-order valence-electron chi connectivity index (χ0n) is 8.11. The fraction of sp³-hybridized carbons (Fsp3) is 1.00. The fourth-order valence-electron chi connectivity index (χ4n) is 2.19. The first-order chi connectivity index (χ1) is 6.34. The molecule has 0 aromatic heterocycles. The van der Waals surface area contributed by atoms with Crippen molar-refractivity contribution in [3.63, 3.8) is 0 Å². The highest BCUT2D eigenvalue weighted by Crippen LogP contribution is 2.18. The van der Waals surface area contributed by atoms with Crippen LogP contribution in [0.2, 0.25) is 0 Å². The lowest BCUT2D eigenvalue weighted by Gasteiger charge is -2.16. The normalized spacial score (nSPS) is 35.8. The van der Waals surface area contributed by atoms with E-state index in [1.54, 1.807) is 0 Å². The van der Waals surface area contributed by atoms with Crippen molar-refractivity contribution in [1.82, 2.24) is 4.90 Å². The molecule has 0 saturated carbocycles. The molecule has 0 bridgehead atoms. The van der Waals surface area contributed by atoms with Gasteiger partial charge in [0, 0.05) is 26.3 Å². The van der Waals surface area contributed by atoms with Crippen molar-refractivity contribution >= 4 is 0 Å². The highest BCUT2D eigenvalue weighted by molar-refractivity contribution is 4.75. The zero-order valence-corrected chi connectivity index (χ0v) is 8.11. The van der Waals surface area contributed by atoms with Gasteiger partial charge >= 0.3 is 0 Å². The van der Waals surface area contributed by atoms with E-state index in [-0.39, 0.29) is 6.10 Å². The van der Waals surface area contributed by atoms with E-state index in [0.29, 0.717) is 0 Å². The summed E-state index contributed by atoms with van der Waals surface area (Å²) in [5.41, 5.74) is 0. The molecule has 0 radical (unpaired) electrons. The SMILES string of the molecule is O[C@@H]1CCN(CCC2CCOC2)C1. The lowest BCUT2D eigenvalue weighted by molar-refractivity contribution is 0.167. The topological polar surface area (TPSA) is 32.7 Å². The molecule has 2 atom stereocenters. The summed E-state index contributed by atoms with van der Waals surface area (Å²) in [6, 6.07) is 0. The van der Waals surface area contributed by atoms with Crippen molar-refractivity contribution < 1.29 is 9.84 Å². The molecule has 3 nitrogen and oxygen atoms in total. The van der Waals surface area contributed by atoms with Gasteiger partial charge in [-0.05, 0) is 31.7 Å². The lowest BCUT2D eigenvalue weighted by Crippen LogP contribution is -2.24. The number of aliphatic hydroxyl groups is 1. The molecule has 2 heterocycles. The Bertz CT molecular complexity index is 157. The Kier molecular flexibility index (Phi) is 3.19. The predicted molar refractivity (Wildman–Crippen MR) is 50.6 cm³/mol. The lowest BCUT2D eigenvalue weighted by atomic mass is 10.1. The Labute approximate surface area is 79.7 Å². The number of β-amino-alcohol motifs (C(OH)–C–C–N with tert-alkyl or cyclic N) is 1. The highest BCUT2D eigenvalue weighted by atomic mass is 16.5. The van der Waals surface area contributed by atoms with Crippen LogP contribution >= 0.6 is 0 Å². The van der Waals surface area contributed by atoms with Gasteiger partial charge in [0.1, 0.15) is 0 Å². The number of nitrogens with zero attached hydrogens (tertiary/aromatic N) is 1. The van der Waals surface area contributed by atoms with E-state index in [1.807, 2.05) is 0 Å². The second kappa shape index (κ2) is 4.40. The Balaban J connectivity index is 1.62. The summed E-state index contributed by atoms with van der Waals surface area (Å²) in [6.07, 6.45) is 3.37. The minimum Gasteiger partial charge on any atom is -0.392 e. The molecule has 0 spiro atoms. The van der Waals surface area contributed by atoms with Crippen molar-refractivity contribution in [2.24, 2.45) is 5.92 Å². The van der Waals surface area contributed by atoms with Gasteiger partial charge in [-0.3, -0.25) is 0 Å². The molecule has 2 fully saturated rings. The number of ether oxygens (including phenoxy) is 1. The molecule has 3 heteroatoms. The molecule has 0 amide bonds. The smallest absolute Gasteiger partial charge is 0.0679 e. The van der Waals surface area contributed by atoms with Crippen molar-refractivity contribution in [3.05, 3.63) is 0 Å². The van der Waals surface area contributed by atoms with Gasteiger partial charge in [0.25, 0.3) is 0 Å². The van der Waals surface area contributed by atoms with E-state index in [1.165, 1.54) is 12.8 Å². The van der Waals surface area contributed by atoms with Crippen LogP contribution in [0.3, 0.4) is 0 Å². The first kappa shape index (κ1) is 9.44. The van der Waals surface area contributed by atoms with Crippen LogP contribution in [0.25, 0.3) is 0 Å². The molecule has 2 rings (SSSR count). The second-order valence-corrected chi connectivity index (χ2v) is 4.26. The number of hydrogen-bond acceptors (Lipinski definition) is 3. The van der Waals surface area contributed by atoms with Crippen LogP contribution in [0.1, 0.15) is 19.3 Å². The molecular formula is C10H19NO2. The number of aliphatic hydroxyl groups excluding tert-OH is 1. The van der Waals surface area contributed by atoms with Gasteiger partial charge in [-0.2, -0.15) is 0 Å². The maximum Gasteiger partial charge on any atom is 0.0679 e. The Morgan fingerprint density at radius 2 is 2.31 bits per heavy atom. The Hall–Kier alpha value is -0.120. The summed E-state index contributed by atoms with van der Waals surface area (Å²) in [5, 5.41) is 9.33. The van der Waals surface area contributed by atoms with E-state index in [4.69, 9.17) is 4.74 Å². The molecule has 1 unspecified atom stereocenters. The molecule has 0 aromatic rings. The minimum absolute atomic E-state index is 0.0696. The number of likely N-dealkylation sites (tertiary alicyclic amines) is 1. The average molecular weight is 185 g/mol. The third kappa shape index (κ3) is 2.66. The number of rotatable bonds is 3. The van der Waals surface area contributed by atoms with Crippen LogP contribution in [0, 0.1) is 5.92 Å². The van der Waals surface area contributed by atoms with Crippen LogP contribution in [0.5, 0.6) is 0 Å². The molecular weight excluding hydrogens is 166 g/mol. The average Bonchev–Trinajstić information content (AvgIpc) is 2.71. The van der Waals surface area contributed by atoms with E-state index >= 15 is 0 Å². The molecule has 0 aromatic carbocycles. The van der Waals surface area contributed by atoms with Crippen molar-refractivity contribution in [2.45, 2.75) is 25.4 Å². The maximum atomic E-state index is 9.33. The Morgan fingerprint density at radius 3 is 2.92 bits per heavy atom. The Morgan fingerprint density at radius 1 is 1.38 bits per heavy atom. The van der Waals surface area contributed by atoms with Crippen molar-refractivity contribution in [2.75, 3.05) is 32.8 Å². The summed E-state index contributed by atoms with van der Waals surface area (Å²) in [4.78, 5) is 2.36. The van der Waals surface area contributed by atoms with E-state index < -0.39 is 0 Å². The minimum atomic E-state index is -0.0696. The third-order valence-corrected chi connectivity index (χ3v) is 3.13. The maximum absolute atomic E-state index is 9.33. The summed E-state index contributed by atoms with van der Waals surface area (Å²) in [7, 11) is 0. The van der Waals surface area contributed by atoms with Crippen molar-refractivity contribution in [1.29, 1.82) is 0 Å². The van der Waals surface area contributed by atoms with Gasteiger partial charge in [-0.15, -0.1) is 0 Å². The predicted octanol–water partition coefficient (Wildman–Crippen LogP) is 0.480. The van der Waals surface area contributed by atoms with Crippen LogP contribution in [-0.4, -0.2) is 49.0 Å². The molecule has 0 aliphatic carbocycles. The van der Waals surface area contributed by atoms with E-state index in [2.05, 4.69) is 4.90 Å². The van der Waals surface area contributed by atoms with Crippen LogP contribution in [0.4, 0.5) is 0 Å². The second-order valence-electron chi connectivity index (χ2n) is 4.26. The summed E-state index contributed by atoms with van der Waals surface area (Å²) >= 11 is 0. The third-order valence-electron chi connectivity index (χ3n) is 3.13. The van der Waals surface area contributed by atoms with E-state index in [0.717, 1.165) is 45.2 Å². The summed E-state index contributed by atoms with van der Waals surface area (Å²) < 4.78 is 5.33.